The Balaban J connectivity index is -0.00000000667. The molecule has 0 aromatic carbocycles. The van der Waals surface area contributed by atoms with Crippen molar-refractivity contribution in [3.05, 3.63) is 0 Å². The SMILES string of the molecule is [CaH2].[CaH2].[CaH2].[O]=[Al][OH]. The van der Waals surface area contributed by atoms with Gasteiger partial charge in [-0.1, -0.05) is 0 Å². The predicted molar refractivity (Wildman–Crippen MR) is 34.3 cm³/mol. The van der Waals surface area contributed by atoms with E-state index < -0.39 is 15.5 Å². The molecule has 0 fully saturated rings. The van der Waals surface area contributed by atoms with Gasteiger partial charge in [-0.25, -0.2) is 0 Å². The van der Waals surface area contributed by atoms with E-state index in [1.807, 2.05) is 0 Å². The van der Waals surface area contributed by atoms with Crippen LogP contribution < -0.4 is 0 Å². The molecule has 28 valence electrons. The van der Waals surface area contributed by atoms with Gasteiger partial charge < -0.3 is 0 Å². The van der Waals surface area contributed by atoms with Gasteiger partial charge in [-0.3, -0.25) is 0 Å². The van der Waals surface area contributed by atoms with Crippen molar-refractivity contribution in [3.8, 4) is 0 Å². The van der Waals surface area contributed by atoms with Crippen molar-refractivity contribution in [2.45, 2.75) is 0 Å². The van der Waals surface area contributed by atoms with Crippen LogP contribution >= 0.6 is 0 Å². The third kappa shape index (κ3) is 24.7. The summed E-state index contributed by atoms with van der Waals surface area (Å²) in [6.45, 7) is 0. The van der Waals surface area contributed by atoms with Crippen LogP contribution in [0.15, 0.2) is 0 Å². The van der Waals surface area contributed by atoms with E-state index in [1.54, 1.807) is 0 Å². The van der Waals surface area contributed by atoms with Crippen molar-refractivity contribution >= 4 is 129 Å². The number of hydrogen-bond acceptors (Lipinski definition) is 1. The van der Waals surface area contributed by atoms with E-state index in [0.717, 1.165) is 0 Å². The Morgan fingerprint density at radius 3 is 1.17 bits per heavy atom. The van der Waals surface area contributed by atoms with Gasteiger partial charge in [0.1, 0.15) is 0 Å². The van der Waals surface area contributed by atoms with E-state index in [-0.39, 0.29) is 113 Å². The second kappa shape index (κ2) is 23.1. The fourth-order valence-corrected chi connectivity index (χ4v) is 0. The summed E-state index contributed by atoms with van der Waals surface area (Å²) in [7, 11) is 0. The van der Waals surface area contributed by atoms with Gasteiger partial charge in [-0.15, -0.1) is 0 Å². The average Bonchev–Trinajstić information content (AvgIpc) is 0.918. The van der Waals surface area contributed by atoms with Gasteiger partial charge in [-0.05, 0) is 0 Å². The molecule has 0 radical (unpaired) electrons. The molecule has 1 N–H and O–H groups in total. The molecule has 0 aliphatic heterocycles. The predicted octanol–water partition coefficient (Wildman–Crippen LogP) is -3.81. The van der Waals surface area contributed by atoms with Gasteiger partial charge in [0.2, 0.25) is 0 Å². The van der Waals surface area contributed by atoms with Crippen molar-refractivity contribution in [1.82, 2.24) is 0 Å². The van der Waals surface area contributed by atoms with Gasteiger partial charge in [-0.2, -0.15) is 0 Å². The first-order valence-electron chi connectivity index (χ1n) is 0.494. The topological polar surface area (TPSA) is 37.3 Å². The summed E-state index contributed by atoms with van der Waals surface area (Å²) in [6.07, 6.45) is 0. The molecule has 0 aromatic heterocycles. The van der Waals surface area contributed by atoms with E-state index in [0.29, 0.717) is 0 Å². The van der Waals surface area contributed by atoms with Crippen molar-refractivity contribution < 1.29 is 7.96 Å². The van der Waals surface area contributed by atoms with Crippen LogP contribution in [0.1, 0.15) is 0 Å². The van der Waals surface area contributed by atoms with Crippen LogP contribution in [0, 0.1) is 0 Å². The zero-order valence-corrected chi connectivity index (χ0v) is 2.59. The molecule has 6 heteroatoms. The fourth-order valence-electron chi connectivity index (χ4n) is 0. The molecule has 0 spiro atoms. The van der Waals surface area contributed by atoms with Crippen LogP contribution in [-0.4, -0.2) is 133 Å². The Labute approximate surface area is 133 Å². The van der Waals surface area contributed by atoms with E-state index >= 15 is 0 Å². The maximum atomic E-state index is 8.57. The number of hydrogen-bond donors (Lipinski definition) is 1. The first-order valence-corrected chi connectivity index (χ1v) is 1.48. The van der Waals surface area contributed by atoms with Crippen LogP contribution in [0.25, 0.3) is 0 Å². The van der Waals surface area contributed by atoms with E-state index in [4.69, 9.17) is 7.96 Å². The standard InChI is InChI=1S/Al.3Ca.H2O.O.6H/h;;;;1H2;;;;;;;/q+1;;;;;;;;;;;/p-1. The summed E-state index contributed by atoms with van der Waals surface area (Å²) in [5, 5.41) is 0. The monoisotopic (exact) mass is 186 g/mol. The molecule has 0 atom stereocenters. The summed E-state index contributed by atoms with van der Waals surface area (Å²) in [6, 6.07) is 0. The minimum atomic E-state index is -1.50. The fraction of sp³-hybridized carbons (Fsp3) is 0. The summed E-state index contributed by atoms with van der Waals surface area (Å²) < 4.78 is 15.7. The number of rotatable bonds is 0. The zero-order chi connectivity index (χ0) is 2.71. The van der Waals surface area contributed by atoms with E-state index in [1.165, 1.54) is 0 Å². The van der Waals surface area contributed by atoms with Crippen LogP contribution in [0.3, 0.4) is 0 Å². The van der Waals surface area contributed by atoms with Crippen LogP contribution in [0.4, 0.5) is 0 Å². The molecule has 0 aliphatic rings. The molecule has 0 amide bonds. The van der Waals surface area contributed by atoms with Crippen molar-refractivity contribution in [2.24, 2.45) is 0 Å². The zero-order valence-electron chi connectivity index (χ0n) is 1.43. The molecule has 0 aliphatic carbocycles. The minimum absolute atomic E-state index is 0. The third-order valence-corrected chi connectivity index (χ3v) is 0. The van der Waals surface area contributed by atoms with Gasteiger partial charge in [0.15, 0.2) is 0 Å². The molecule has 2 nitrogen and oxygen atoms in total. The van der Waals surface area contributed by atoms with Gasteiger partial charge in [0.05, 0.1) is 0 Å². The maximum absolute atomic E-state index is 8.57. The van der Waals surface area contributed by atoms with Gasteiger partial charge >= 0.3 is 137 Å². The molecule has 0 rings (SSSR count). The van der Waals surface area contributed by atoms with Gasteiger partial charge in [0.25, 0.3) is 0 Å². The first-order chi connectivity index (χ1) is 1.41. The second-order valence-corrected chi connectivity index (χ2v) is 0.316. The van der Waals surface area contributed by atoms with Crippen molar-refractivity contribution in [3.63, 3.8) is 0 Å². The Hall–Kier alpha value is 3.91. The Bertz CT molecular complexity index is 16.3. The molecule has 6 heavy (non-hydrogen) atoms. The Morgan fingerprint density at radius 2 is 1.17 bits per heavy atom. The molecular weight excluding hydrogens is 179 g/mol. The quantitative estimate of drug-likeness (QED) is 0.394. The second-order valence-electron chi connectivity index (χ2n) is 0.105. The normalized spacial score (nSPS) is 1.33. The molecular formula is H7AlCa3O2. The molecule has 0 aromatic rings. The third-order valence-electron chi connectivity index (χ3n) is 0. The Morgan fingerprint density at radius 1 is 1.17 bits per heavy atom. The molecule has 0 unspecified atom stereocenters. The van der Waals surface area contributed by atoms with Crippen molar-refractivity contribution in [2.75, 3.05) is 0 Å². The first kappa shape index (κ1) is 22.5. The average molecular weight is 186 g/mol. The Kier molecular flexibility index (Phi) is 86.8. The summed E-state index contributed by atoms with van der Waals surface area (Å²) in [5.41, 5.74) is 0. The van der Waals surface area contributed by atoms with Crippen LogP contribution in [0.2, 0.25) is 0 Å². The molecule has 0 saturated heterocycles. The van der Waals surface area contributed by atoms with E-state index in [9.17, 15) is 0 Å². The molecule has 0 bridgehead atoms. The van der Waals surface area contributed by atoms with Gasteiger partial charge in [0, 0.05) is 0 Å². The van der Waals surface area contributed by atoms with Crippen LogP contribution in [0.5, 0.6) is 0 Å². The molecule has 0 saturated carbocycles. The summed E-state index contributed by atoms with van der Waals surface area (Å²) in [4.78, 5) is 0. The summed E-state index contributed by atoms with van der Waals surface area (Å²) in [5.74, 6) is 0. The van der Waals surface area contributed by atoms with Crippen LogP contribution in [-0.2, 0) is 3.80 Å². The molecule has 0 heterocycles. The van der Waals surface area contributed by atoms with Crippen molar-refractivity contribution in [1.29, 1.82) is 0 Å². The van der Waals surface area contributed by atoms with E-state index in [2.05, 4.69) is 0 Å². The summed E-state index contributed by atoms with van der Waals surface area (Å²) >= 11 is -1.50.